The molecule has 0 radical (unpaired) electrons. The number of ether oxygens (including phenoxy) is 1. The monoisotopic (exact) mass is 288 g/mol. The van der Waals surface area contributed by atoms with Gasteiger partial charge in [-0.1, -0.05) is 30.3 Å². The number of hydrogen-bond donors (Lipinski definition) is 0. The highest BCUT2D eigenvalue weighted by Crippen LogP contribution is 2.49. The summed E-state index contributed by atoms with van der Waals surface area (Å²) in [7, 11) is -3.87. The minimum Gasteiger partial charge on any atom is -0.429 e. The summed E-state index contributed by atoms with van der Waals surface area (Å²) in [6.45, 7) is 3.46. The average Bonchev–Trinajstić information content (AvgIpc) is 2.38. The highest BCUT2D eigenvalue weighted by molar-refractivity contribution is 7.49. The smallest absolute Gasteiger partial charge is 0.429 e. The van der Waals surface area contributed by atoms with Crippen molar-refractivity contribution in [1.29, 1.82) is 0 Å². The van der Waals surface area contributed by atoms with Crippen molar-refractivity contribution in [3.8, 4) is 0 Å². The number of benzene rings is 1. The summed E-state index contributed by atoms with van der Waals surface area (Å²) in [5.41, 5.74) is 0.794. The van der Waals surface area contributed by atoms with Gasteiger partial charge in [-0.05, 0) is 19.4 Å². The third kappa shape index (κ3) is 5.87. The van der Waals surface area contributed by atoms with Gasteiger partial charge in [0.25, 0.3) is 0 Å². The molecule has 0 aliphatic heterocycles. The van der Waals surface area contributed by atoms with Gasteiger partial charge in [-0.3, -0.25) is 9.05 Å². The molecule has 106 valence electrons. The fraction of sp³-hybridized carbons (Fsp3) is 0.417. The first-order valence-corrected chi connectivity index (χ1v) is 7.35. The van der Waals surface area contributed by atoms with Crippen LogP contribution in [0.15, 0.2) is 30.3 Å². The van der Waals surface area contributed by atoms with Crippen molar-refractivity contribution in [3.63, 3.8) is 0 Å². The van der Waals surface area contributed by atoms with Crippen LogP contribution < -0.4 is 0 Å². The number of carbonyl (C=O) groups is 1. The Hall–Kier alpha value is -1.36. The van der Waals surface area contributed by atoms with Gasteiger partial charge in [0, 0.05) is 0 Å². The van der Waals surface area contributed by atoms with Crippen molar-refractivity contribution in [2.75, 3.05) is 13.2 Å². The summed E-state index contributed by atoms with van der Waals surface area (Å²) in [5.74, 6) is 0. The van der Waals surface area contributed by atoms with Crippen molar-refractivity contribution in [2.24, 2.45) is 0 Å². The van der Waals surface area contributed by atoms with Crippen LogP contribution >= 0.6 is 7.82 Å². The van der Waals surface area contributed by atoms with Gasteiger partial charge in [-0.25, -0.2) is 9.36 Å². The molecule has 7 heteroatoms. The second-order valence-electron chi connectivity index (χ2n) is 3.40. The first-order valence-electron chi connectivity index (χ1n) is 5.89. The van der Waals surface area contributed by atoms with Crippen molar-refractivity contribution in [3.05, 3.63) is 35.9 Å². The molecular formula is C12H17O6P. The Morgan fingerprint density at radius 2 is 1.68 bits per heavy atom. The largest absolute Gasteiger partial charge is 0.534 e. The van der Waals surface area contributed by atoms with Crippen molar-refractivity contribution >= 4 is 14.0 Å². The summed E-state index contributed by atoms with van der Waals surface area (Å²) < 4.78 is 30.9. The second kappa shape index (κ2) is 7.94. The average molecular weight is 288 g/mol. The number of rotatable bonds is 7. The molecule has 0 atom stereocenters. The molecule has 0 saturated heterocycles. The Morgan fingerprint density at radius 1 is 1.11 bits per heavy atom. The van der Waals surface area contributed by atoms with E-state index in [1.807, 2.05) is 18.2 Å². The zero-order valence-corrected chi connectivity index (χ0v) is 11.8. The van der Waals surface area contributed by atoms with Crippen LogP contribution in [0.5, 0.6) is 0 Å². The fourth-order valence-corrected chi connectivity index (χ4v) is 2.29. The quantitative estimate of drug-likeness (QED) is 0.564. The van der Waals surface area contributed by atoms with Crippen molar-refractivity contribution in [1.82, 2.24) is 0 Å². The SMILES string of the molecule is CCOP(=O)(OCC)OC(=O)OCc1ccccc1. The van der Waals surface area contributed by atoms with E-state index in [2.05, 4.69) is 4.52 Å². The summed E-state index contributed by atoms with van der Waals surface area (Å²) in [6, 6.07) is 9.06. The van der Waals surface area contributed by atoms with Crippen LogP contribution in [-0.2, 0) is 29.5 Å². The molecular weight excluding hydrogens is 271 g/mol. The van der Waals surface area contributed by atoms with Crippen LogP contribution in [0.4, 0.5) is 4.79 Å². The molecule has 0 aromatic heterocycles. The number of carbonyl (C=O) groups excluding carboxylic acids is 1. The Kier molecular flexibility index (Phi) is 6.56. The van der Waals surface area contributed by atoms with Crippen LogP contribution in [0.2, 0.25) is 0 Å². The van der Waals surface area contributed by atoms with Gasteiger partial charge in [-0.15, -0.1) is 0 Å². The van der Waals surface area contributed by atoms with Gasteiger partial charge < -0.3 is 9.26 Å². The molecule has 0 N–H and O–H groups in total. The van der Waals surface area contributed by atoms with E-state index < -0.39 is 14.0 Å². The summed E-state index contributed by atoms with van der Waals surface area (Å²) >= 11 is 0. The fourth-order valence-electron chi connectivity index (χ4n) is 1.24. The predicted octanol–water partition coefficient (Wildman–Crippen LogP) is 3.52. The number of phosphoric ester groups is 1. The Balaban J connectivity index is 2.47. The molecule has 1 rings (SSSR count). The van der Waals surface area contributed by atoms with E-state index in [1.54, 1.807) is 26.0 Å². The summed E-state index contributed by atoms with van der Waals surface area (Å²) in [4.78, 5) is 11.4. The summed E-state index contributed by atoms with van der Waals surface area (Å²) in [6.07, 6.45) is -1.09. The van der Waals surface area contributed by atoms with Crippen LogP contribution in [0, 0.1) is 0 Å². The van der Waals surface area contributed by atoms with E-state index >= 15 is 0 Å². The summed E-state index contributed by atoms with van der Waals surface area (Å²) in [5, 5.41) is 0. The molecule has 0 amide bonds. The normalized spacial score (nSPS) is 11.1. The van der Waals surface area contributed by atoms with Gasteiger partial charge >= 0.3 is 14.0 Å². The van der Waals surface area contributed by atoms with Gasteiger partial charge in [-0.2, -0.15) is 0 Å². The van der Waals surface area contributed by atoms with E-state index in [1.165, 1.54) is 0 Å². The van der Waals surface area contributed by atoms with Gasteiger partial charge in [0.05, 0.1) is 13.2 Å². The number of hydrogen-bond acceptors (Lipinski definition) is 6. The molecule has 0 bridgehead atoms. The van der Waals surface area contributed by atoms with Crippen molar-refractivity contribution < 1.29 is 27.7 Å². The van der Waals surface area contributed by atoms with E-state index in [0.717, 1.165) is 5.56 Å². The standard InChI is InChI=1S/C12H17O6P/c1-3-16-19(14,17-4-2)18-12(13)15-10-11-8-6-5-7-9-11/h5-9H,3-4,10H2,1-2H3. The van der Waals surface area contributed by atoms with E-state index in [0.29, 0.717) is 0 Å². The minimum absolute atomic E-state index is 0.0257. The molecule has 0 unspecified atom stereocenters. The lowest BCUT2D eigenvalue weighted by molar-refractivity contribution is 0.0661. The highest BCUT2D eigenvalue weighted by Gasteiger charge is 2.31. The lowest BCUT2D eigenvalue weighted by Crippen LogP contribution is -2.09. The Bertz CT molecular complexity index is 423. The van der Waals surface area contributed by atoms with Crippen molar-refractivity contribution in [2.45, 2.75) is 20.5 Å². The number of phosphoric acid groups is 1. The van der Waals surface area contributed by atoms with E-state index in [9.17, 15) is 9.36 Å². The van der Waals surface area contributed by atoms with Crippen LogP contribution in [-0.4, -0.2) is 19.4 Å². The zero-order chi connectivity index (χ0) is 14.1. The van der Waals surface area contributed by atoms with Gasteiger partial charge in [0.1, 0.15) is 6.61 Å². The lowest BCUT2D eigenvalue weighted by atomic mass is 10.2. The molecule has 19 heavy (non-hydrogen) atoms. The van der Waals surface area contributed by atoms with Crippen LogP contribution in [0.3, 0.4) is 0 Å². The molecule has 0 heterocycles. The second-order valence-corrected chi connectivity index (χ2v) is 4.99. The molecule has 0 aliphatic carbocycles. The first kappa shape index (κ1) is 15.7. The Labute approximate surface area is 112 Å². The van der Waals surface area contributed by atoms with E-state index in [-0.39, 0.29) is 19.8 Å². The third-order valence-corrected chi connectivity index (χ3v) is 3.48. The maximum atomic E-state index is 11.9. The highest BCUT2D eigenvalue weighted by atomic mass is 31.2. The molecule has 0 saturated carbocycles. The maximum absolute atomic E-state index is 11.9. The molecule has 1 aromatic rings. The Morgan fingerprint density at radius 3 is 2.21 bits per heavy atom. The zero-order valence-electron chi connectivity index (χ0n) is 10.9. The maximum Gasteiger partial charge on any atom is 0.534 e. The molecule has 0 spiro atoms. The predicted molar refractivity (Wildman–Crippen MR) is 68.6 cm³/mol. The molecule has 6 nitrogen and oxygen atoms in total. The van der Waals surface area contributed by atoms with Gasteiger partial charge in [0.2, 0.25) is 0 Å². The first-order chi connectivity index (χ1) is 9.09. The van der Waals surface area contributed by atoms with Crippen LogP contribution in [0.1, 0.15) is 19.4 Å². The molecule has 1 aromatic carbocycles. The lowest BCUT2D eigenvalue weighted by Gasteiger charge is -2.15. The minimum atomic E-state index is -3.87. The molecule has 0 aliphatic rings. The van der Waals surface area contributed by atoms with Gasteiger partial charge in [0.15, 0.2) is 0 Å². The topological polar surface area (TPSA) is 71.1 Å². The third-order valence-electron chi connectivity index (χ3n) is 1.96. The van der Waals surface area contributed by atoms with Crippen LogP contribution in [0.25, 0.3) is 0 Å². The molecule has 0 fully saturated rings. The van der Waals surface area contributed by atoms with E-state index in [4.69, 9.17) is 13.8 Å².